The third kappa shape index (κ3) is 3.33. The van der Waals surface area contributed by atoms with Crippen molar-refractivity contribution in [3.8, 4) is 0 Å². The van der Waals surface area contributed by atoms with Crippen molar-refractivity contribution in [3.63, 3.8) is 0 Å². The Bertz CT molecular complexity index is 545. The van der Waals surface area contributed by atoms with Crippen molar-refractivity contribution in [2.24, 2.45) is 0 Å². The van der Waals surface area contributed by atoms with Gasteiger partial charge in [-0.3, -0.25) is 4.90 Å². The predicted octanol–water partition coefficient (Wildman–Crippen LogP) is 4.29. The van der Waals surface area contributed by atoms with Crippen LogP contribution in [0.15, 0.2) is 43.0 Å². The maximum absolute atomic E-state index is 12.6. The molecule has 0 radical (unpaired) electrons. The normalized spacial score (nSPS) is 24.1. The van der Waals surface area contributed by atoms with E-state index in [0.717, 1.165) is 5.56 Å². The predicted molar refractivity (Wildman–Crippen MR) is 86.4 cm³/mol. The molecular weight excluding hydrogens is 278 g/mol. The number of hydrogen-bond donors (Lipinski definition) is 0. The van der Waals surface area contributed by atoms with Gasteiger partial charge in [0.15, 0.2) is 0 Å². The number of benzene rings is 1. The lowest BCUT2D eigenvalue weighted by Gasteiger charge is -2.34. The number of carbonyl (C=O) groups is 1. The van der Waals surface area contributed by atoms with E-state index in [-0.39, 0.29) is 18.2 Å². The molecule has 22 heavy (non-hydrogen) atoms. The van der Waals surface area contributed by atoms with Crippen LogP contribution in [0.5, 0.6) is 0 Å². The highest BCUT2D eigenvalue weighted by molar-refractivity contribution is 5.70. The Kier molecular flexibility index (Phi) is 4.34. The van der Waals surface area contributed by atoms with Crippen LogP contribution >= 0.6 is 0 Å². The van der Waals surface area contributed by atoms with Crippen molar-refractivity contribution in [1.82, 2.24) is 4.90 Å². The number of rotatable bonds is 2. The molecule has 120 valence electrons. The smallest absolute Gasteiger partial charge is 0.413 e. The summed E-state index contributed by atoms with van der Waals surface area (Å²) in [7, 11) is 0. The zero-order chi connectivity index (χ0) is 16.5. The molecule has 1 aliphatic heterocycles. The quantitative estimate of drug-likeness (QED) is 0.765. The first-order valence-corrected chi connectivity index (χ1v) is 7.53. The molecule has 1 heterocycles. The summed E-state index contributed by atoms with van der Waals surface area (Å²) in [5.41, 5.74) is -0.294. The molecule has 4 heteroatoms. The van der Waals surface area contributed by atoms with E-state index >= 15 is 0 Å². The van der Waals surface area contributed by atoms with Gasteiger partial charge < -0.3 is 9.47 Å². The fourth-order valence-corrected chi connectivity index (χ4v) is 2.72. The number of carbonyl (C=O) groups excluding carboxylic acids is 1. The Hall–Kier alpha value is -1.81. The van der Waals surface area contributed by atoms with Gasteiger partial charge in [0, 0.05) is 0 Å². The van der Waals surface area contributed by atoms with Crippen LogP contribution < -0.4 is 0 Å². The second-order valence-electron chi connectivity index (χ2n) is 6.97. The third-order valence-corrected chi connectivity index (χ3v) is 3.56. The highest BCUT2D eigenvalue weighted by Gasteiger charge is 2.50. The Morgan fingerprint density at radius 2 is 1.91 bits per heavy atom. The van der Waals surface area contributed by atoms with Crippen molar-refractivity contribution >= 4 is 6.09 Å². The van der Waals surface area contributed by atoms with E-state index in [4.69, 9.17) is 9.47 Å². The van der Waals surface area contributed by atoms with Crippen LogP contribution in [0.2, 0.25) is 0 Å². The van der Waals surface area contributed by atoms with Gasteiger partial charge in [0.2, 0.25) is 0 Å². The summed E-state index contributed by atoms with van der Waals surface area (Å²) in [4.78, 5) is 14.2. The molecule has 1 aliphatic rings. The molecule has 0 bridgehead atoms. The van der Waals surface area contributed by atoms with E-state index in [2.05, 4.69) is 6.58 Å². The molecule has 0 unspecified atom stereocenters. The molecule has 0 saturated carbocycles. The fraction of sp³-hybridized carbons (Fsp3) is 0.500. The van der Waals surface area contributed by atoms with Gasteiger partial charge in [-0.05, 0) is 40.2 Å². The molecule has 0 spiro atoms. The van der Waals surface area contributed by atoms with E-state index in [0.29, 0.717) is 0 Å². The monoisotopic (exact) mass is 303 g/mol. The summed E-state index contributed by atoms with van der Waals surface area (Å²) in [5.74, 6) is 0. The number of hydrogen-bond acceptors (Lipinski definition) is 3. The molecule has 2 atom stereocenters. The van der Waals surface area contributed by atoms with E-state index in [9.17, 15) is 4.79 Å². The first-order chi connectivity index (χ1) is 10.2. The minimum atomic E-state index is -0.762. The Labute approximate surface area is 132 Å². The summed E-state index contributed by atoms with van der Waals surface area (Å²) < 4.78 is 11.7. The molecule has 1 fully saturated rings. The topological polar surface area (TPSA) is 38.8 Å². The van der Waals surface area contributed by atoms with Crippen LogP contribution in [0.4, 0.5) is 4.79 Å². The van der Waals surface area contributed by atoms with Gasteiger partial charge in [0.05, 0.1) is 6.04 Å². The van der Waals surface area contributed by atoms with Crippen LogP contribution in [-0.4, -0.2) is 28.4 Å². The lowest BCUT2D eigenvalue weighted by Crippen LogP contribution is -2.49. The van der Waals surface area contributed by atoms with Crippen LogP contribution in [0.25, 0.3) is 0 Å². The Morgan fingerprint density at radius 3 is 2.41 bits per heavy atom. The summed E-state index contributed by atoms with van der Waals surface area (Å²) in [5, 5.41) is 0. The number of ether oxygens (including phenoxy) is 2. The fourth-order valence-electron chi connectivity index (χ4n) is 2.72. The van der Waals surface area contributed by atoms with E-state index < -0.39 is 11.3 Å². The van der Waals surface area contributed by atoms with E-state index in [1.54, 1.807) is 11.0 Å². The van der Waals surface area contributed by atoms with Gasteiger partial charge in [-0.1, -0.05) is 36.4 Å². The largest absolute Gasteiger partial charge is 0.444 e. The number of amides is 1. The van der Waals surface area contributed by atoms with E-state index in [1.807, 2.05) is 65.0 Å². The maximum atomic E-state index is 12.6. The Balaban J connectivity index is 2.33. The molecule has 4 nitrogen and oxygen atoms in total. The molecule has 0 N–H and O–H groups in total. The summed E-state index contributed by atoms with van der Waals surface area (Å²) in [6.45, 7) is 13.2. The lowest BCUT2D eigenvalue weighted by atomic mass is 10.0. The first kappa shape index (κ1) is 16.6. The van der Waals surface area contributed by atoms with Crippen molar-refractivity contribution < 1.29 is 14.3 Å². The maximum Gasteiger partial charge on any atom is 0.413 e. The average Bonchev–Trinajstić information content (AvgIpc) is 2.68. The molecule has 1 amide bonds. The number of nitrogens with zero attached hydrogens (tertiary/aromatic N) is 1. The van der Waals surface area contributed by atoms with Crippen LogP contribution in [-0.2, 0) is 9.47 Å². The molecule has 1 aromatic carbocycles. The van der Waals surface area contributed by atoms with Crippen LogP contribution in [0, 0.1) is 0 Å². The van der Waals surface area contributed by atoms with Crippen molar-refractivity contribution in [2.45, 2.75) is 58.1 Å². The molecule has 0 aromatic heterocycles. The van der Waals surface area contributed by atoms with Gasteiger partial charge >= 0.3 is 6.09 Å². The second-order valence-corrected chi connectivity index (χ2v) is 6.97. The lowest BCUT2D eigenvalue weighted by molar-refractivity contribution is -0.0793. The molecule has 2 rings (SSSR count). The minimum Gasteiger partial charge on any atom is -0.444 e. The average molecular weight is 303 g/mol. The van der Waals surface area contributed by atoms with Crippen molar-refractivity contribution in [1.29, 1.82) is 0 Å². The van der Waals surface area contributed by atoms with Gasteiger partial charge in [-0.15, -0.1) is 6.58 Å². The van der Waals surface area contributed by atoms with E-state index in [1.165, 1.54) is 0 Å². The zero-order valence-corrected chi connectivity index (χ0v) is 14.0. The molecule has 0 aliphatic carbocycles. The summed E-state index contributed by atoms with van der Waals surface area (Å²) in [6.07, 6.45) is 1.11. The van der Waals surface area contributed by atoms with Crippen LogP contribution in [0.3, 0.4) is 0 Å². The summed E-state index contributed by atoms with van der Waals surface area (Å²) in [6, 6.07) is 9.60. The third-order valence-electron chi connectivity index (χ3n) is 3.56. The summed E-state index contributed by atoms with van der Waals surface area (Å²) >= 11 is 0. The van der Waals surface area contributed by atoms with Gasteiger partial charge in [0.25, 0.3) is 0 Å². The van der Waals surface area contributed by atoms with Gasteiger partial charge in [-0.2, -0.15) is 0 Å². The first-order valence-electron chi connectivity index (χ1n) is 7.53. The van der Waals surface area contributed by atoms with Crippen molar-refractivity contribution in [2.75, 3.05) is 0 Å². The SMILES string of the molecule is C=C[C@@H]1[C@@H](c2ccccc2)OC(C)(C)N1C(=O)OC(C)(C)C. The zero-order valence-electron chi connectivity index (χ0n) is 14.0. The minimum absolute atomic E-state index is 0.249. The van der Waals surface area contributed by atoms with Crippen molar-refractivity contribution in [3.05, 3.63) is 48.6 Å². The molecule has 1 aromatic rings. The Morgan fingerprint density at radius 1 is 1.32 bits per heavy atom. The van der Waals surface area contributed by atoms with Gasteiger partial charge in [-0.25, -0.2) is 4.79 Å². The van der Waals surface area contributed by atoms with Crippen LogP contribution in [0.1, 0.15) is 46.3 Å². The highest BCUT2D eigenvalue weighted by Crippen LogP contribution is 2.42. The highest BCUT2D eigenvalue weighted by atomic mass is 16.6. The standard InChI is InChI=1S/C18H25NO3/c1-7-14-15(13-11-9-8-10-12-13)21-18(5,6)19(14)16(20)22-17(2,3)4/h7-12,14-15H,1H2,2-6H3/t14-,15-/m1/s1. The molecule has 1 saturated heterocycles. The second kappa shape index (κ2) is 5.76. The van der Waals surface area contributed by atoms with Gasteiger partial charge in [0.1, 0.15) is 17.4 Å². The molecular formula is C18H25NO3.